The summed E-state index contributed by atoms with van der Waals surface area (Å²) >= 11 is 0. The summed E-state index contributed by atoms with van der Waals surface area (Å²) in [7, 11) is 0. The molecule has 0 radical (unpaired) electrons. The molecule has 0 saturated heterocycles. The molecule has 3 N–H and O–H groups in total. The number of carbonyl (C=O) groups excluding carboxylic acids is 1. The molecule has 1 aromatic carbocycles. The number of benzene rings is 1. The number of hydrogen-bond donors (Lipinski definition) is 3. The molecule has 0 bridgehead atoms. The smallest absolute Gasteiger partial charge is 0.345 e. The number of aliphatic hydroxyl groups excluding tert-OH is 2. The molecule has 0 fully saturated rings. The molecular formula is C12H14O6. The highest BCUT2D eigenvalue weighted by molar-refractivity contribution is 5.91. The first-order valence-corrected chi connectivity index (χ1v) is 5.32. The van der Waals surface area contributed by atoms with Gasteiger partial charge in [0.25, 0.3) is 0 Å². The van der Waals surface area contributed by atoms with E-state index in [-0.39, 0.29) is 12.0 Å². The Labute approximate surface area is 103 Å². The van der Waals surface area contributed by atoms with E-state index in [9.17, 15) is 9.59 Å². The number of ether oxygens (including phenoxy) is 1. The van der Waals surface area contributed by atoms with E-state index in [1.54, 1.807) is 18.2 Å². The SMILES string of the molecule is O=C(OC(CC(O)CO)C(=O)O)c1ccccc1. The van der Waals surface area contributed by atoms with Crippen molar-refractivity contribution in [3.05, 3.63) is 35.9 Å². The molecule has 1 rings (SSSR count). The summed E-state index contributed by atoms with van der Waals surface area (Å²) in [5.41, 5.74) is 0.224. The normalized spacial score (nSPS) is 13.7. The fourth-order valence-corrected chi connectivity index (χ4v) is 1.29. The highest BCUT2D eigenvalue weighted by Crippen LogP contribution is 2.08. The Hall–Kier alpha value is -1.92. The summed E-state index contributed by atoms with van der Waals surface area (Å²) in [6.45, 7) is -0.591. The topological polar surface area (TPSA) is 104 Å². The maximum absolute atomic E-state index is 11.6. The van der Waals surface area contributed by atoms with Crippen LogP contribution in [0.3, 0.4) is 0 Å². The predicted octanol–water partition coefficient (Wildman–Crippen LogP) is 0.0399. The molecule has 0 heterocycles. The molecule has 0 saturated carbocycles. The van der Waals surface area contributed by atoms with Gasteiger partial charge in [0.15, 0.2) is 0 Å². The van der Waals surface area contributed by atoms with Gasteiger partial charge in [-0.2, -0.15) is 0 Å². The van der Waals surface area contributed by atoms with Crippen LogP contribution in [0.1, 0.15) is 16.8 Å². The molecule has 1 aromatic rings. The van der Waals surface area contributed by atoms with Crippen LogP contribution in [0.25, 0.3) is 0 Å². The second kappa shape index (κ2) is 6.73. The number of carboxylic acids is 1. The van der Waals surface area contributed by atoms with E-state index in [1.165, 1.54) is 12.1 Å². The van der Waals surface area contributed by atoms with E-state index in [1.807, 2.05) is 0 Å². The van der Waals surface area contributed by atoms with Crippen molar-refractivity contribution in [2.45, 2.75) is 18.6 Å². The highest BCUT2D eigenvalue weighted by atomic mass is 16.6. The molecule has 0 aliphatic carbocycles. The van der Waals surface area contributed by atoms with Crippen molar-refractivity contribution in [2.24, 2.45) is 0 Å². The molecule has 18 heavy (non-hydrogen) atoms. The van der Waals surface area contributed by atoms with E-state index in [0.29, 0.717) is 0 Å². The van der Waals surface area contributed by atoms with Crippen LogP contribution >= 0.6 is 0 Å². The first-order chi connectivity index (χ1) is 8.54. The maximum Gasteiger partial charge on any atom is 0.345 e. The van der Waals surface area contributed by atoms with Gasteiger partial charge in [0.1, 0.15) is 0 Å². The number of carbonyl (C=O) groups is 2. The number of aliphatic hydroxyl groups is 2. The number of hydrogen-bond acceptors (Lipinski definition) is 5. The standard InChI is InChI=1S/C12H14O6/c13-7-9(14)6-10(11(15)16)18-12(17)8-4-2-1-3-5-8/h1-5,9-10,13-14H,6-7H2,(H,15,16). The van der Waals surface area contributed by atoms with Crippen molar-refractivity contribution >= 4 is 11.9 Å². The van der Waals surface area contributed by atoms with Gasteiger partial charge >= 0.3 is 11.9 Å². The fraction of sp³-hybridized carbons (Fsp3) is 0.333. The minimum absolute atomic E-state index is 0.224. The Kier molecular flexibility index (Phi) is 5.29. The fourth-order valence-electron chi connectivity index (χ4n) is 1.29. The molecule has 0 spiro atoms. The van der Waals surface area contributed by atoms with Crippen LogP contribution in [0, 0.1) is 0 Å². The first kappa shape index (κ1) is 14.1. The van der Waals surface area contributed by atoms with Crippen molar-refractivity contribution in [1.29, 1.82) is 0 Å². The van der Waals surface area contributed by atoms with Crippen molar-refractivity contribution in [3.8, 4) is 0 Å². The third kappa shape index (κ3) is 4.15. The molecule has 6 heteroatoms. The van der Waals surface area contributed by atoms with Gasteiger partial charge in [0, 0.05) is 6.42 Å². The highest BCUT2D eigenvalue weighted by Gasteiger charge is 2.25. The minimum atomic E-state index is -1.49. The molecule has 2 unspecified atom stereocenters. The van der Waals surface area contributed by atoms with Crippen LogP contribution < -0.4 is 0 Å². The molecule has 0 aliphatic heterocycles. The van der Waals surface area contributed by atoms with E-state index in [0.717, 1.165) is 0 Å². The second-order valence-corrected chi connectivity index (χ2v) is 3.67. The quantitative estimate of drug-likeness (QED) is 0.619. The molecule has 98 valence electrons. The molecule has 6 nitrogen and oxygen atoms in total. The van der Waals surface area contributed by atoms with Crippen molar-refractivity contribution < 1.29 is 29.6 Å². The van der Waals surface area contributed by atoms with Gasteiger partial charge in [-0.05, 0) is 12.1 Å². The minimum Gasteiger partial charge on any atom is -0.479 e. The molecule has 0 amide bonds. The number of aliphatic carboxylic acids is 1. The van der Waals surface area contributed by atoms with Crippen molar-refractivity contribution in [1.82, 2.24) is 0 Å². The predicted molar refractivity (Wildman–Crippen MR) is 61.0 cm³/mol. The Morgan fingerprint density at radius 2 is 1.83 bits per heavy atom. The third-order valence-electron chi connectivity index (χ3n) is 2.23. The van der Waals surface area contributed by atoms with Crippen molar-refractivity contribution in [3.63, 3.8) is 0 Å². The lowest BCUT2D eigenvalue weighted by Gasteiger charge is -2.16. The van der Waals surface area contributed by atoms with Crippen LogP contribution in [0.2, 0.25) is 0 Å². The second-order valence-electron chi connectivity index (χ2n) is 3.67. The van der Waals surface area contributed by atoms with Gasteiger partial charge in [0.05, 0.1) is 18.3 Å². The van der Waals surface area contributed by atoms with E-state index < -0.39 is 30.8 Å². The Balaban J connectivity index is 2.67. The lowest BCUT2D eigenvalue weighted by molar-refractivity contribution is -0.149. The maximum atomic E-state index is 11.6. The molecule has 2 atom stereocenters. The zero-order valence-electron chi connectivity index (χ0n) is 9.52. The lowest BCUT2D eigenvalue weighted by Crippen LogP contribution is -2.32. The zero-order valence-corrected chi connectivity index (χ0v) is 9.52. The lowest BCUT2D eigenvalue weighted by atomic mass is 10.1. The van der Waals surface area contributed by atoms with Gasteiger partial charge < -0.3 is 20.1 Å². The summed E-state index contributed by atoms with van der Waals surface area (Å²) in [6.07, 6.45) is -3.08. The number of esters is 1. The van der Waals surface area contributed by atoms with Crippen LogP contribution in [0.15, 0.2) is 30.3 Å². The van der Waals surface area contributed by atoms with E-state index in [4.69, 9.17) is 20.1 Å². The van der Waals surface area contributed by atoms with Crippen LogP contribution in [0.4, 0.5) is 0 Å². The van der Waals surface area contributed by atoms with Gasteiger partial charge in [-0.3, -0.25) is 0 Å². The zero-order chi connectivity index (χ0) is 13.5. The summed E-state index contributed by atoms with van der Waals surface area (Å²) in [4.78, 5) is 22.4. The number of rotatable bonds is 6. The van der Waals surface area contributed by atoms with Crippen molar-refractivity contribution in [2.75, 3.05) is 6.61 Å². The number of carboxylic acid groups (broad SMARTS) is 1. The van der Waals surface area contributed by atoms with E-state index >= 15 is 0 Å². The Bertz CT molecular complexity index is 402. The Morgan fingerprint density at radius 3 is 2.33 bits per heavy atom. The summed E-state index contributed by atoms with van der Waals surface area (Å²) < 4.78 is 4.76. The molecule has 0 aliphatic rings. The third-order valence-corrected chi connectivity index (χ3v) is 2.23. The van der Waals surface area contributed by atoms with Gasteiger partial charge in [-0.15, -0.1) is 0 Å². The van der Waals surface area contributed by atoms with Crippen LogP contribution in [0.5, 0.6) is 0 Å². The summed E-state index contributed by atoms with van der Waals surface area (Å²) in [5, 5.41) is 26.6. The summed E-state index contributed by atoms with van der Waals surface area (Å²) in [6, 6.07) is 7.93. The molecule has 0 aromatic heterocycles. The van der Waals surface area contributed by atoms with Crippen LogP contribution in [-0.4, -0.2) is 46.1 Å². The largest absolute Gasteiger partial charge is 0.479 e. The first-order valence-electron chi connectivity index (χ1n) is 5.32. The van der Waals surface area contributed by atoms with E-state index in [2.05, 4.69) is 0 Å². The van der Waals surface area contributed by atoms with Gasteiger partial charge in [0.2, 0.25) is 6.10 Å². The monoisotopic (exact) mass is 254 g/mol. The van der Waals surface area contributed by atoms with Gasteiger partial charge in [-0.1, -0.05) is 18.2 Å². The summed E-state index contributed by atoms with van der Waals surface area (Å²) in [5.74, 6) is -2.15. The average molecular weight is 254 g/mol. The Morgan fingerprint density at radius 1 is 1.22 bits per heavy atom. The van der Waals surface area contributed by atoms with Crippen LogP contribution in [-0.2, 0) is 9.53 Å². The average Bonchev–Trinajstić information content (AvgIpc) is 2.38. The van der Waals surface area contributed by atoms with Gasteiger partial charge in [-0.25, -0.2) is 9.59 Å². The molecular weight excluding hydrogens is 240 g/mol.